The first kappa shape index (κ1) is 19.2. The molecule has 1 aliphatic heterocycles. The highest BCUT2D eigenvalue weighted by molar-refractivity contribution is 5.80. The van der Waals surface area contributed by atoms with Crippen LogP contribution in [0.2, 0.25) is 0 Å². The molecule has 0 atom stereocenters. The van der Waals surface area contributed by atoms with Gasteiger partial charge in [-0.05, 0) is 19.1 Å². The van der Waals surface area contributed by atoms with Crippen LogP contribution in [0, 0.1) is 0 Å². The number of anilines is 1. The van der Waals surface area contributed by atoms with E-state index < -0.39 is 0 Å². The quantitative estimate of drug-likeness (QED) is 0.622. The molecular weight excluding hydrogens is 340 g/mol. The zero-order valence-corrected chi connectivity index (χ0v) is 16.6. The van der Waals surface area contributed by atoms with Gasteiger partial charge < -0.3 is 19.6 Å². The fourth-order valence-electron chi connectivity index (χ4n) is 3.10. The summed E-state index contributed by atoms with van der Waals surface area (Å²) in [6, 6.07) is 10.6. The first-order valence-electron chi connectivity index (χ1n) is 9.83. The molecule has 0 amide bonds. The monoisotopic (exact) mass is 370 g/mol. The minimum absolute atomic E-state index is 0.282. The Morgan fingerprint density at radius 1 is 1.19 bits per heavy atom. The molecule has 1 saturated heterocycles. The van der Waals surface area contributed by atoms with Crippen molar-refractivity contribution in [1.82, 2.24) is 20.4 Å². The van der Waals surface area contributed by atoms with Gasteiger partial charge in [0.2, 0.25) is 5.89 Å². The number of benzene rings is 1. The molecule has 0 spiro atoms. The molecule has 0 aliphatic carbocycles. The predicted octanol–water partition coefficient (Wildman–Crippen LogP) is 2.52. The summed E-state index contributed by atoms with van der Waals surface area (Å²) in [5.74, 6) is 2.67. The standard InChI is InChI=1S/C20H30N6O/c1-4-21-20(22-11-10-18-23-19(16(2)3)24-27-18)26-14-12-25(13-15-26)17-8-6-5-7-9-17/h5-9,16H,4,10-15H2,1-3H3,(H,21,22). The number of piperazine rings is 1. The Morgan fingerprint density at radius 3 is 2.56 bits per heavy atom. The molecule has 1 N–H and O–H groups in total. The van der Waals surface area contributed by atoms with E-state index in [9.17, 15) is 0 Å². The van der Waals surface area contributed by atoms with Crippen molar-refractivity contribution in [2.24, 2.45) is 4.99 Å². The number of nitrogens with one attached hydrogen (secondary N) is 1. The highest BCUT2D eigenvalue weighted by atomic mass is 16.5. The Morgan fingerprint density at radius 2 is 1.93 bits per heavy atom. The van der Waals surface area contributed by atoms with E-state index >= 15 is 0 Å². The fourth-order valence-corrected chi connectivity index (χ4v) is 3.10. The molecule has 0 radical (unpaired) electrons. The molecule has 2 heterocycles. The molecule has 2 aromatic rings. The van der Waals surface area contributed by atoms with Crippen LogP contribution in [0.15, 0.2) is 39.8 Å². The van der Waals surface area contributed by atoms with Gasteiger partial charge in [0, 0.05) is 50.7 Å². The fraction of sp³-hybridized carbons (Fsp3) is 0.550. The third kappa shape index (κ3) is 5.21. The van der Waals surface area contributed by atoms with Crippen molar-refractivity contribution in [3.63, 3.8) is 0 Å². The van der Waals surface area contributed by atoms with Crippen molar-refractivity contribution in [3.05, 3.63) is 42.0 Å². The topological polar surface area (TPSA) is 69.8 Å². The number of nitrogens with zero attached hydrogens (tertiary/aromatic N) is 5. The van der Waals surface area contributed by atoms with Crippen LogP contribution in [0.1, 0.15) is 38.4 Å². The van der Waals surface area contributed by atoms with Crippen LogP contribution in [0.5, 0.6) is 0 Å². The number of hydrogen-bond donors (Lipinski definition) is 1. The third-order valence-corrected chi connectivity index (χ3v) is 4.62. The van der Waals surface area contributed by atoms with Gasteiger partial charge in [0.1, 0.15) is 0 Å². The maximum absolute atomic E-state index is 5.31. The van der Waals surface area contributed by atoms with Gasteiger partial charge in [0.15, 0.2) is 11.8 Å². The lowest BCUT2D eigenvalue weighted by Gasteiger charge is -2.37. The van der Waals surface area contributed by atoms with Crippen molar-refractivity contribution >= 4 is 11.6 Å². The number of aliphatic imine (C=N–C) groups is 1. The summed E-state index contributed by atoms with van der Waals surface area (Å²) in [7, 11) is 0. The summed E-state index contributed by atoms with van der Waals surface area (Å²) in [6.45, 7) is 11.6. The Bertz CT molecular complexity index is 719. The van der Waals surface area contributed by atoms with Gasteiger partial charge in [-0.2, -0.15) is 4.98 Å². The summed E-state index contributed by atoms with van der Waals surface area (Å²) in [6.07, 6.45) is 0.665. The van der Waals surface area contributed by atoms with E-state index in [4.69, 9.17) is 9.52 Å². The molecule has 3 rings (SSSR count). The zero-order valence-electron chi connectivity index (χ0n) is 16.6. The minimum atomic E-state index is 0.282. The van der Waals surface area contributed by atoms with E-state index in [0.717, 1.165) is 44.5 Å². The van der Waals surface area contributed by atoms with Gasteiger partial charge in [-0.3, -0.25) is 4.99 Å². The second-order valence-electron chi connectivity index (χ2n) is 7.00. The lowest BCUT2D eigenvalue weighted by atomic mass is 10.2. The van der Waals surface area contributed by atoms with Gasteiger partial charge >= 0.3 is 0 Å². The molecule has 7 heteroatoms. The van der Waals surface area contributed by atoms with Gasteiger partial charge in [-0.1, -0.05) is 37.2 Å². The highest BCUT2D eigenvalue weighted by Crippen LogP contribution is 2.15. The van der Waals surface area contributed by atoms with Crippen LogP contribution in [0.25, 0.3) is 0 Å². The Labute approximate surface area is 161 Å². The molecule has 1 fully saturated rings. The van der Waals surface area contributed by atoms with Crippen LogP contribution in [-0.4, -0.2) is 60.3 Å². The molecule has 1 aromatic heterocycles. The van der Waals surface area contributed by atoms with Crippen molar-refractivity contribution < 1.29 is 4.52 Å². The number of rotatable bonds is 6. The normalized spacial score (nSPS) is 15.5. The largest absolute Gasteiger partial charge is 0.368 e. The maximum Gasteiger partial charge on any atom is 0.228 e. The second kappa shape index (κ2) is 9.39. The molecule has 0 saturated carbocycles. The van der Waals surface area contributed by atoms with Gasteiger partial charge in [-0.15, -0.1) is 0 Å². The van der Waals surface area contributed by atoms with Crippen LogP contribution in [0.3, 0.4) is 0 Å². The molecule has 1 aromatic carbocycles. The number of guanidine groups is 1. The molecule has 7 nitrogen and oxygen atoms in total. The Hall–Kier alpha value is -2.57. The SMILES string of the molecule is CCNC(=NCCc1nc(C(C)C)no1)N1CCN(c2ccccc2)CC1. The number of para-hydroxylation sites is 1. The molecular formula is C20H30N6O. The van der Waals surface area contributed by atoms with E-state index in [0.29, 0.717) is 18.9 Å². The average molecular weight is 371 g/mol. The lowest BCUT2D eigenvalue weighted by molar-refractivity contribution is 0.366. The van der Waals surface area contributed by atoms with E-state index in [1.807, 2.05) is 0 Å². The van der Waals surface area contributed by atoms with Crippen molar-refractivity contribution in [3.8, 4) is 0 Å². The Balaban J connectivity index is 1.54. The van der Waals surface area contributed by atoms with Gasteiger partial charge in [0.25, 0.3) is 0 Å². The molecule has 27 heavy (non-hydrogen) atoms. The summed E-state index contributed by atoms with van der Waals surface area (Å²) >= 11 is 0. The molecule has 146 valence electrons. The summed E-state index contributed by atoms with van der Waals surface area (Å²) in [5.41, 5.74) is 1.29. The van der Waals surface area contributed by atoms with Crippen LogP contribution < -0.4 is 10.2 Å². The van der Waals surface area contributed by atoms with E-state index in [-0.39, 0.29) is 5.92 Å². The average Bonchev–Trinajstić information content (AvgIpc) is 3.17. The van der Waals surface area contributed by atoms with Crippen molar-refractivity contribution in [2.75, 3.05) is 44.2 Å². The third-order valence-electron chi connectivity index (χ3n) is 4.62. The summed E-state index contributed by atoms with van der Waals surface area (Å²) in [5, 5.41) is 7.42. The van der Waals surface area contributed by atoms with Crippen LogP contribution >= 0.6 is 0 Å². The van der Waals surface area contributed by atoms with E-state index in [1.54, 1.807) is 0 Å². The van der Waals surface area contributed by atoms with E-state index in [1.165, 1.54) is 5.69 Å². The highest BCUT2D eigenvalue weighted by Gasteiger charge is 2.19. The first-order valence-corrected chi connectivity index (χ1v) is 9.83. The minimum Gasteiger partial charge on any atom is -0.368 e. The molecule has 0 unspecified atom stereocenters. The summed E-state index contributed by atoms with van der Waals surface area (Å²) in [4.78, 5) is 13.9. The Kier molecular flexibility index (Phi) is 6.68. The predicted molar refractivity (Wildman–Crippen MR) is 108 cm³/mol. The van der Waals surface area contributed by atoms with Crippen molar-refractivity contribution in [1.29, 1.82) is 0 Å². The number of aromatic nitrogens is 2. The van der Waals surface area contributed by atoms with Crippen molar-refractivity contribution in [2.45, 2.75) is 33.1 Å². The number of hydrogen-bond acceptors (Lipinski definition) is 5. The van der Waals surface area contributed by atoms with Gasteiger partial charge in [0.05, 0.1) is 6.54 Å². The maximum atomic E-state index is 5.31. The zero-order chi connectivity index (χ0) is 19.1. The van der Waals surface area contributed by atoms with Crippen LogP contribution in [-0.2, 0) is 6.42 Å². The molecule has 0 bridgehead atoms. The lowest BCUT2D eigenvalue weighted by Crippen LogP contribution is -2.52. The summed E-state index contributed by atoms with van der Waals surface area (Å²) < 4.78 is 5.31. The first-order chi connectivity index (χ1) is 13.2. The smallest absolute Gasteiger partial charge is 0.228 e. The van der Waals surface area contributed by atoms with Crippen LogP contribution in [0.4, 0.5) is 5.69 Å². The molecule has 1 aliphatic rings. The van der Waals surface area contributed by atoms with E-state index in [2.05, 4.69) is 76.4 Å². The second-order valence-corrected chi connectivity index (χ2v) is 7.00. The van der Waals surface area contributed by atoms with Gasteiger partial charge in [-0.25, -0.2) is 0 Å².